The third kappa shape index (κ3) is 2.13. The predicted octanol–water partition coefficient (Wildman–Crippen LogP) is 4.19. The van der Waals surface area contributed by atoms with Crippen LogP contribution in [0.25, 0.3) is 0 Å². The first-order valence-electron chi connectivity index (χ1n) is 4.60. The number of benzene rings is 1. The summed E-state index contributed by atoms with van der Waals surface area (Å²) in [5, 5.41) is 0.900. The van der Waals surface area contributed by atoms with Crippen LogP contribution in [-0.4, -0.2) is 0 Å². The van der Waals surface area contributed by atoms with E-state index >= 15 is 0 Å². The van der Waals surface area contributed by atoms with Crippen molar-refractivity contribution in [3.8, 4) is 0 Å². The van der Waals surface area contributed by atoms with Gasteiger partial charge in [0.05, 0.1) is 0 Å². The largest absolute Gasteiger partial charge is 0.102 e. The Balaban J connectivity index is 3.14. The second kappa shape index (κ2) is 4.48. The lowest BCUT2D eigenvalue weighted by molar-refractivity contribution is 0.962. The lowest BCUT2D eigenvalue weighted by Gasteiger charge is -2.11. The highest BCUT2D eigenvalue weighted by Gasteiger charge is 2.08. The summed E-state index contributed by atoms with van der Waals surface area (Å²) in [4.78, 5) is 0. The number of hydrogen-bond acceptors (Lipinski definition) is 0. The minimum Gasteiger partial charge on any atom is -0.102 e. The van der Waals surface area contributed by atoms with Crippen molar-refractivity contribution >= 4 is 11.6 Å². The lowest BCUT2D eigenvalue weighted by Crippen LogP contribution is -1.93. The van der Waals surface area contributed by atoms with Gasteiger partial charge in [-0.25, -0.2) is 0 Å². The minimum absolute atomic E-state index is 0.332. The highest BCUT2D eigenvalue weighted by atomic mass is 35.5. The predicted molar refractivity (Wildman–Crippen MR) is 59.4 cm³/mol. The van der Waals surface area contributed by atoms with E-state index in [9.17, 15) is 0 Å². The monoisotopic (exact) mass is 194 g/mol. The minimum atomic E-state index is 0.332. The van der Waals surface area contributed by atoms with E-state index in [1.165, 1.54) is 11.1 Å². The number of aryl methyl sites for hydroxylation is 1. The molecule has 0 spiro atoms. The summed E-state index contributed by atoms with van der Waals surface area (Å²) in [7, 11) is 0. The summed E-state index contributed by atoms with van der Waals surface area (Å²) in [6.07, 6.45) is 2.90. The van der Waals surface area contributed by atoms with Crippen LogP contribution >= 0.6 is 11.6 Å². The molecular weight excluding hydrogens is 180 g/mol. The second-order valence-electron chi connectivity index (χ2n) is 3.20. The van der Waals surface area contributed by atoms with Crippen molar-refractivity contribution in [2.45, 2.75) is 26.2 Å². The first-order valence-corrected chi connectivity index (χ1v) is 4.98. The van der Waals surface area contributed by atoms with Gasteiger partial charge in [0.2, 0.25) is 0 Å². The molecule has 0 N–H and O–H groups in total. The molecule has 1 aromatic carbocycles. The molecule has 0 amide bonds. The van der Waals surface area contributed by atoms with Crippen molar-refractivity contribution < 1.29 is 0 Å². The van der Waals surface area contributed by atoms with Gasteiger partial charge in [-0.3, -0.25) is 0 Å². The van der Waals surface area contributed by atoms with Gasteiger partial charge in [-0.15, -0.1) is 6.58 Å². The molecular formula is C12H15Cl. The van der Waals surface area contributed by atoms with Crippen LogP contribution in [0, 0.1) is 0 Å². The molecule has 0 bridgehead atoms. The van der Waals surface area contributed by atoms with Crippen LogP contribution in [0.5, 0.6) is 0 Å². The zero-order valence-electron chi connectivity index (χ0n) is 8.18. The molecule has 1 heteroatoms. The third-order valence-electron chi connectivity index (χ3n) is 2.33. The van der Waals surface area contributed by atoms with Gasteiger partial charge in [-0.05, 0) is 17.5 Å². The average molecular weight is 195 g/mol. The van der Waals surface area contributed by atoms with E-state index in [0.717, 1.165) is 11.4 Å². The SMILES string of the molecule is C=CC(C)c1cccc(CC)c1Cl. The zero-order valence-corrected chi connectivity index (χ0v) is 8.93. The summed E-state index contributed by atoms with van der Waals surface area (Å²) in [5.74, 6) is 0.332. The number of halogens is 1. The Morgan fingerprint density at radius 1 is 1.54 bits per heavy atom. The average Bonchev–Trinajstić information content (AvgIpc) is 2.17. The fraction of sp³-hybridized carbons (Fsp3) is 0.333. The van der Waals surface area contributed by atoms with Gasteiger partial charge in [0.25, 0.3) is 0 Å². The van der Waals surface area contributed by atoms with Crippen molar-refractivity contribution in [1.82, 2.24) is 0 Å². The Morgan fingerprint density at radius 2 is 2.23 bits per heavy atom. The summed E-state index contributed by atoms with van der Waals surface area (Å²) < 4.78 is 0. The molecule has 0 aliphatic rings. The Morgan fingerprint density at radius 3 is 2.77 bits per heavy atom. The molecule has 0 radical (unpaired) electrons. The fourth-order valence-electron chi connectivity index (χ4n) is 1.35. The van der Waals surface area contributed by atoms with E-state index in [2.05, 4.69) is 38.6 Å². The molecule has 70 valence electrons. The maximum Gasteiger partial charge on any atom is 0.0475 e. The van der Waals surface area contributed by atoms with Crippen molar-refractivity contribution in [2.75, 3.05) is 0 Å². The summed E-state index contributed by atoms with van der Waals surface area (Å²) in [5.41, 5.74) is 2.39. The zero-order chi connectivity index (χ0) is 9.84. The maximum absolute atomic E-state index is 6.23. The van der Waals surface area contributed by atoms with E-state index in [1.807, 2.05) is 6.08 Å². The molecule has 0 fully saturated rings. The highest BCUT2D eigenvalue weighted by molar-refractivity contribution is 6.32. The number of allylic oxidation sites excluding steroid dienone is 1. The van der Waals surface area contributed by atoms with E-state index in [0.29, 0.717) is 5.92 Å². The van der Waals surface area contributed by atoms with E-state index in [-0.39, 0.29) is 0 Å². The van der Waals surface area contributed by atoms with Gasteiger partial charge in [0, 0.05) is 10.9 Å². The normalized spacial score (nSPS) is 12.5. The molecule has 1 rings (SSSR count). The summed E-state index contributed by atoms with van der Waals surface area (Å²) >= 11 is 6.23. The van der Waals surface area contributed by atoms with Gasteiger partial charge in [-0.2, -0.15) is 0 Å². The van der Waals surface area contributed by atoms with Crippen LogP contribution in [0.1, 0.15) is 30.9 Å². The topological polar surface area (TPSA) is 0 Å². The molecule has 0 aliphatic carbocycles. The molecule has 13 heavy (non-hydrogen) atoms. The fourth-order valence-corrected chi connectivity index (χ4v) is 1.78. The van der Waals surface area contributed by atoms with Crippen LogP contribution in [0.2, 0.25) is 5.02 Å². The van der Waals surface area contributed by atoms with Gasteiger partial charge < -0.3 is 0 Å². The molecule has 0 aliphatic heterocycles. The van der Waals surface area contributed by atoms with Crippen molar-refractivity contribution in [1.29, 1.82) is 0 Å². The first-order chi connectivity index (χ1) is 6.20. The van der Waals surface area contributed by atoms with Crippen LogP contribution in [-0.2, 0) is 6.42 Å². The quantitative estimate of drug-likeness (QED) is 0.633. The van der Waals surface area contributed by atoms with E-state index < -0.39 is 0 Å². The van der Waals surface area contributed by atoms with Crippen molar-refractivity contribution in [3.63, 3.8) is 0 Å². The van der Waals surface area contributed by atoms with Gasteiger partial charge in [0.15, 0.2) is 0 Å². The van der Waals surface area contributed by atoms with Gasteiger partial charge in [0.1, 0.15) is 0 Å². The standard InChI is InChI=1S/C12H15Cl/c1-4-9(3)11-8-6-7-10(5-2)12(11)13/h4,6-9H,1,5H2,2-3H3. The summed E-state index contributed by atoms with van der Waals surface area (Å²) in [6, 6.07) is 6.19. The molecule has 0 aromatic heterocycles. The Hall–Kier alpha value is -0.750. The molecule has 1 unspecified atom stereocenters. The number of hydrogen-bond donors (Lipinski definition) is 0. The van der Waals surface area contributed by atoms with E-state index in [4.69, 9.17) is 11.6 Å². The third-order valence-corrected chi connectivity index (χ3v) is 2.79. The number of rotatable bonds is 3. The van der Waals surface area contributed by atoms with Crippen LogP contribution in [0.4, 0.5) is 0 Å². The van der Waals surface area contributed by atoms with Gasteiger partial charge >= 0.3 is 0 Å². The lowest BCUT2D eigenvalue weighted by atomic mass is 9.98. The van der Waals surface area contributed by atoms with Crippen molar-refractivity contribution in [2.24, 2.45) is 0 Å². The van der Waals surface area contributed by atoms with E-state index in [1.54, 1.807) is 0 Å². The maximum atomic E-state index is 6.23. The molecule has 1 atom stereocenters. The molecule has 1 aromatic rings. The molecule has 0 heterocycles. The first kappa shape index (κ1) is 10.3. The summed E-state index contributed by atoms with van der Waals surface area (Å²) in [6.45, 7) is 7.99. The van der Waals surface area contributed by atoms with Crippen molar-refractivity contribution in [3.05, 3.63) is 47.0 Å². The second-order valence-corrected chi connectivity index (χ2v) is 3.58. The molecule has 0 nitrogen and oxygen atoms in total. The van der Waals surface area contributed by atoms with Gasteiger partial charge in [-0.1, -0.05) is 49.7 Å². The van der Waals surface area contributed by atoms with Crippen LogP contribution < -0.4 is 0 Å². The Bertz CT molecular complexity index is 302. The van der Waals surface area contributed by atoms with Crippen LogP contribution in [0.3, 0.4) is 0 Å². The van der Waals surface area contributed by atoms with Crippen LogP contribution in [0.15, 0.2) is 30.9 Å². The molecule has 0 saturated carbocycles. The smallest absolute Gasteiger partial charge is 0.0475 e. The Labute approximate surface area is 85.2 Å². The highest BCUT2D eigenvalue weighted by Crippen LogP contribution is 2.28. The Kier molecular flexibility index (Phi) is 3.56. The molecule has 0 saturated heterocycles.